The molecule has 4 aromatic rings. The third-order valence-corrected chi connectivity index (χ3v) is 5.02. The molecule has 0 atom stereocenters. The number of fused-ring (bicyclic) bond motifs is 2. The van der Waals surface area contributed by atoms with Crippen LogP contribution in [-0.4, -0.2) is 22.1 Å². The SMILES string of the molecule is O=C(NCc1c(-c2ccc3c(c2)OCO3)nc2cc(Cl)ccn12)c1ccccc1. The summed E-state index contributed by atoms with van der Waals surface area (Å²) in [6.07, 6.45) is 1.85. The third-order valence-electron chi connectivity index (χ3n) is 4.79. The van der Waals surface area contributed by atoms with Gasteiger partial charge in [-0.15, -0.1) is 0 Å². The fourth-order valence-electron chi connectivity index (χ4n) is 3.37. The fraction of sp³-hybridized carbons (Fsp3) is 0.0909. The van der Waals surface area contributed by atoms with Crippen molar-refractivity contribution in [2.75, 3.05) is 6.79 Å². The summed E-state index contributed by atoms with van der Waals surface area (Å²) >= 11 is 6.15. The van der Waals surface area contributed by atoms with Gasteiger partial charge in [-0.05, 0) is 36.4 Å². The number of hydrogen-bond donors (Lipinski definition) is 1. The van der Waals surface area contributed by atoms with Crippen LogP contribution in [0.25, 0.3) is 16.9 Å². The molecule has 2 aromatic carbocycles. The van der Waals surface area contributed by atoms with Crippen LogP contribution in [0.1, 0.15) is 16.1 Å². The Balaban J connectivity index is 1.54. The molecule has 0 fully saturated rings. The first-order valence-electron chi connectivity index (χ1n) is 9.09. The predicted molar refractivity (Wildman–Crippen MR) is 109 cm³/mol. The third kappa shape index (κ3) is 3.28. The average molecular weight is 406 g/mol. The topological polar surface area (TPSA) is 64.9 Å². The van der Waals surface area contributed by atoms with E-state index in [0.29, 0.717) is 34.3 Å². The number of pyridine rings is 1. The number of rotatable bonds is 4. The number of nitrogens with one attached hydrogen (secondary N) is 1. The summed E-state index contributed by atoms with van der Waals surface area (Å²) in [5.74, 6) is 1.24. The highest BCUT2D eigenvalue weighted by atomic mass is 35.5. The molecule has 5 rings (SSSR count). The van der Waals surface area contributed by atoms with E-state index in [1.807, 2.05) is 47.0 Å². The van der Waals surface area contributed by atoms with Gasteiger partial charge in [0.1, 0.15) is 5.65 Å². The van der Waals surface area contributed by atoms with E-state index in [-0.39, 0.29) is 12.7 Å². The van der Waals surface area contributed by atoms with Crippen LogP contribution in [0.5, 0.6) is 11.5 Å². The maximum absolute atomic E-state index is 12.5. The molecule has 1 amide bonds. The van der Waals surface area contributed by atoms with Crippen molar-refractivity contribution >= 4 is 23.2 Å². The second kappa shape index (κ2) is 7.14. The van der Waals surface area contributed by atoms with Crippen molar-refractivity contribution in [2.45, 2.75) is 6.54 Å². The van der Waals surface area contributed by atoms with E-state index in [9.17, 15) is 4.79 Å². The molecule has 0 saturated carbocycles. The zero-order valence-corrected chi connectivity index (χ0v) is 16.0. The number of carbonyl (C=O) groups is 1. The molecule has 0 saturated heterocycles. The molecule has 144 valence electrons. The molecule has 0 bridgehead atoms. The molecule has 1 aliphatic rings. The summed E-state index contributed by atoms with van der Waals surface area (Å²) in [5.41, 5.74) is 3.78. The lowest BCUT2D eigenvalue weighted by Crippen LogP contribution is -2.23. The van der Waals surface area contributed by atoms with E-state index in [4.69, 9.17) is 26.1 Å². The quantitative estimate of drug-likeness (QED) is 0.549. The molecule has 0 aliphatic carbocycles. The highest BCUT2D eigenvalue weighted by Gasteiger charge is 2.19. The minimum absolute atomic E-state index is 0.147. The standard InChI is InChI=1S/C22H16ClN3O3/c23-16-8-9-26-17(12-24-22(27)14-4-2-1-3-5-14)21(25-20(26)11-16)15-6-7-18-19(10-15)29-13-28-18/h1-11H,12-13H2,(H,24,27). The van der Waals surface area contributed by atoms with Crippen LogP contribution < -0.4 is 14.8 Å². The molecule has 2 aromatic heterocycles. The second-order valence-electron chi connectivity index (χ2n) is 6.60. The predicted octanol–water partition coefficient (Wildman–Crippen LogP) is 4.31. The number of hydrogen-bond acceptors (Lipinski definition) is 4. The van der Waals surface area contributed by atoms with Crippen molar-refractivity contribution < 1.29 is 14.3 Å². The Morgan fingerprint density at radius 1 is 1.07 bits per heavy atom. The van der Waals surface area contributed by atoms with Crippen molar-refractivity contribution in [3.05, 3.63) is 83.1 Å². The maximum atomic E-state index is 12.5. The maximum Gasteiger partial charge on any atom is 0.251 e. The van der Waals surface area contributed by atoms with Crippen molar-refractivity contribution in [1.29, 1.82) is 0 Å². The van der Waals surface area contributed by atoms with Gasteiger partial charge in [0.2, 0.25) is 6.79 Å². The normalized spacial score (nSPS) is 12.3. The van der Waals surface area contributed by atoms with E-state index in [2.05, 4.69) is 5.32 Å². The lowest BCUT2D eigenvalue weighted by molar-refractivity contribution is 0.0950. The molecular weight excluding hydrogens is 390 g/mol. The first-order chi connectivity index (χ1) is 14.2. The first kappa shape index (κ1) is 17.6. The van der Waals surface area contributed by atoms with Crippen LogP contribution in [0.2, 0.25) is 5.02 Å². The molecule has 3 heterocycles. The zero-order valence-electron chi connectivity index (χ0n) is 15.3. The lowest BCUT2D eigenvalue weighted by atomic mass is 10.1. The van der Waals surface area contributed by atoms with E-state index in [1.54, 1.807) is 24.3 Å². The van der Waals surface area contributed by atoms with Gasteiger partial charge in [-0.1, -0.05) is 29.8 Å². The summed E-state index contributed by atoms with van der Waals surface area (Å²) < 4.78 is 12.8. The van der Waals surface area contributed by atoms with Crippen molar-refractivity contribution in [1.82, 2.24) is 14.7 Å². The molecular formula is C22H16ClN3O3. The summed E-state index contributed by atoms with van der Waals surface area (Å²) in [6.45, 7) is 0.514. The Morgan fingerprint density at radius 3 is 2.76 bits per heavy atom. The Hall–Kier alpha value is -3.51. The number of carbonyl (C=O) groups excluding carboxylic acids is 1. The van der Waals surface area contributed by atoms with Crippen LogP contribution in [0.4, 0.5) is 0 Å². The second-order valence-corrected chi connectivity index (χ2v) is 7.03. The molecule has 1 aliphatic heterocycles. The Bertz CT molecular complexity index is 1220. The number of benzene rings is 2. The molecule has 1 N–H and O–H groups in total. The van der Waals surface area contributed by atoms with E-state index in [1.165, 1.54) is 0 Å². The number of amides is 1. The zero-order chi connectivity index (χ0) is 19.8. The fourth-order valence-corrected chi connectivity index (χ4v) is 3.52. The minimum Gasteiger partial charge on any atom is -0.454 e. The van der Waals surface area contributed by atoms with Gasteiger partial charge < -0.3 is 19.2 Å². The van der Waals surface area contributed by atoms with Crippen molar-refractivity contribution in [3.63, 3.8) is 0 Å². The summed E-state index contributed by atoms with van der Waals surface area (Å²) in [4.78, 5) is 17.3. The van der Waals surface area contributed by atoms with Gasteiger partial charge in [0.05, 0.1) is 17.9 Å². The van der Waals surface area contributed by atoms with Crippen LogP contribution in [0.15, 0.2) is 66.9 Å². The number of imidazole rings is 1. The summed E-state index contributed by atoms with van der Waals surface area (Å²) in [5, 5.41) is 3.58. The molecule has 0 spiro atoms. The number of nitrogens with zero attached hydrogens (tertiary/aromatic N) is 2. The Kier molecular flexibility index (Phi) is 4.33. The first-order valence-corrected chi connectivity index (χ1v) is 9.46. The lowest BCUT2D eigenvalue weighted by Gasteiger charge is -2.08. The summed E-state index contributed by atoms with van der Waals surface area (Å²) in [6, 6.07) is 18.4. The smallest absolute Gasteiger partial charge is 0.251 e. The number of halogens is 1. The molecule has 7 heteroatoms. The van der Waals surface area contributed by atoms with Gasteiger partial charge in [0.25, 0.3) is 5.91 Å². The Morgan fingerprint density at radius 2 is 1.90 bits per heavy atom. The number of aromatic nitrogens is 2. The van der Waals surface area contributed by atoms with Gasteiger partial charge in [-0.3, -0.25) is 4.79 Å². The van der Waals surface area contributed by atoms with E-state index in [0.717, 1.165) is 17.0 Å². The van der Waals surface area contributed by atoms with Crippen LogP contribution >= 0.6 is 11.6 Å². The minimum atomic E-state index is -0.147. The van der Waals surface area contributed by atoms with Crippen LogP contribution in [0.3, 0.4) is 0 Å². The van der Waals surface area contributed by atoms with E-state index < -0.39 is 0 Å². The molecule has 0 unspecified atom stereocenters. The summed E-state index contributed by atoms with van der Waals surface area (Å²) in [7, 11) is 0. The molecule has 29 heavy (non-hydrogen) atoms. The van der Waals surface area contributed by atoms with Crippen molar-refractivity contribution in [2.24, 2.45) is 0 Å². The van der Waals surface area contributed by atoms with E-state index >= 15 is 0 Å². The number of ether oxygens (including phenoxy) is 2. The average Bonchev–Trinajstić information content (AvgIpc) is 3.36. The van der Waals surface area contributed by atoms with Crippen LogP contribution in [-0.2, 0) is 6.54 Å². The van der Waals surface area contributed by atoms with Crippen LogP contribution in [0, 0.1) is 0 Å². The highest BCUT2D eigenvalue weighted by molar-refractivity contribution is 6.30. The van der Waals surface area contributed by atoms with Gasteiger partial charge in [-0.25, -0.2) is 4.98 Å². The van der Waals surface area contributed by atoms with Gasteiger partial charge in [0, 0.05) is 28.4 Å². The van der Waals surface area contributed by atoms with Gasteiger partial charge >= 0.3 is 0 Å². The monoisotopic (exact) mass is 405 g/mol. The Labute approximate surface area is 171 Å². The highest BCUT2D eigenvalue weighted by Crippen LogP contribution is 2.37. The largest absolute Gasteiger partial charge is 0.454 e. The molecule has 0 radical (unpaired) electrons. The molecule has 6 nitrogen and oxygen atoms in total. The van der Waals surface area contributed by atoms with Gasteiger partial charge in [0.15, 0.2) is 11.5 Å². The van der Waals surface area contributed by atoms with Gasteiger partial charge in [-0.2, -0.15) is 0 Å². The van der Waals surface area contributed by atoms with Crippen molar-refractivity contribution in [3.8, 4) is 22.8 Å².